The molecule has 3 nitrogen and oxygen atoms in total. The first kappa shape index (κ1) is 16.8. The molecule has 0 unspecified atom stereocenters. The third-order valence-electron chi connectivity index (χ3n) is 5.09. The van der Waals surface area contributed by atoms with E-state index >= 15 is 0 Å². The van der Waals surface area contributed by atoms with Crippen molar-refractivity contribution in [2.45, 2.75) is 39.2 Å². The SMILES string of the molecule is CC1CCN(CCN(Cc2ccc(Cl)cc2)C(=O)C2CC2)CC1. The third kappa shape index (κ3) is 4.95. The Kier molecular flexibility index (Phi) is 5.60. The maximum atomic E-state index is 12.6. The first-order chi connectivity index (χ1) is 11.1. The molecule has 0 bridgehead atoms. The van der Waals surface area contributed by atoms with E-state index < -0.39 is 0 Å². The molecule has 1 aliphatic carbocycles. The van der Waals surface area contributed by atoms with E-state index in [-0.39, 0.29) is 5.92 Å². The maximum absolute atomic E-state index is 12.6. The van der Waals surface area contributed by atoms with Gasteiger partial charge in [0.25, 0.3) is 0 Å². The molecule has 1 amide bonds. The standard InChI is InChI=1S/C19H27ClN2O/c1-15-8-10-21(11-9-15)12-13-22(19(23)17-4-5-17)14-16-2-6-18(20)7-3-16/h2-3,6-7,15,17H,4-5,8-14H2,1H3. The molecule has 1 saturated carbocycles. The lowest BCUT2D eigenvalue weighted by atomic mass is 9.99. The van der Waals surface area contributed by atoms with Gasteiger partial charge in [-0.25, -0.2) is 0 Å². The molecule has 0 spiro atoms. The number of benzene rings is 1. The van der Waals surface area contributed by atoms with Gasteiger partial charge in [-0.1, -0.05) is 30.7 Å². The number of nitrogens with zero attached hydrogens (tertiary/aromatic N) is 2. The zero-order chi connectivity index (χ0) is 16.2. The van der Waals surface area contributed by atoms with E-state index in [0.29, 0.717) is 12.5 Å². The summed E-state index contributed by atoms with van der Waals surface area (Å²) in [5.41, 5.74) is 1.16. The minimum Gasteiger partial charge on any atom is -0.337 e. The Labute approximate surface area is 144 Å². The van der Waals surface area contributed by atoms with Crippen molar-refractivity contribution in [2.75, 3.05) is 26.2 Å². The van der Waals surface area contributed by atoms with Gasteiger partial charge in [0, 0.05) is 30.6 Å². The van der Waals surface area contributed by atoms with Gasteiger partial charge < -0.3 is 9.80 Å². The molecule has 0 N–H and O–H groups in total. The Morgan fingerprint density at radius 2 is 1.83 bits per heavy atom. The molecule has 3 rings (SSSR count). The summed E-state index contributed by atoms with van der Waals surface area (Å²) in [6, 6.07) is 7.86. The van der Waals surface area contributed by atoms with Crippen LogP contribution in [0, 0.1) is 11.8 Å². The molecule has 4 heteroatoms. The van der Waals surface area contributed by atoms with Gasteiger partial charge in [-0.15, -0.1) is 0 Å². The minimum atomic E-state index is 0.281. The van der Waals surface area contributed by atoms with Crippen LogP contribution in [-0.2, 0) is 11.3 Å². The first-order valence-corrected chi connectivity index (χ1v) is 9.25. The Balaban J connectivity index is 1.56. The lowest BCUT2D eigenvalue weighted by Crippen LogP contribution is -2.41. The highest BCUT2D eigenvalue weighted by Gasteiger charge is 2.33. The van der Waals surface area contributed by atoms with E-state index in [0.717, 1.165) is 42.4 Å². The van der Waals surface area contributed by atoms with Crippen molar-refractivity contribution in [1.82, 2.24) is 9.80 Å². The van der Waals surface area contributed by atoms with Crippen molar-refractivity contribution >= 4 is 17.5 Å². The Morgan fingerprint density at radius 3 is 2.43 bits per heavy atom. The topological polar surface area (TPSA) is 23.6 Å². The second kappa shape index (κ2) is 7.67. The zero-order valence-corrected chi connectivity index (χ0v) is 14.8. The monoisotopic (exact) mass is 334 g/mol. The fourth-order valence-corrected chi connectivity index (χ4v) is 3.34. The molecule has 0 atom stereocenters. The van der Waals surface area contributed by atoms with Crippen molar-refractivity contribution in [1.29, 1.82) is 0 Å². The maximum Gasteiger partial charge on any atom is 0.226 e. The minimum absolute atomic E-state index is 0.281. The van der Waals surface area contributed by atoms with Gasteiger partial charge >= 0.3 is 0 Å². The van der Waals surface area contributed by atoms with Crippen LogP contribution in [0.2, 0.25) is 5.02 Å². The fraction of sp³-hybridized carbons (Fsp3) is 0.632. The van der Waals surface area contributed by atoms with Gasteiger partial charge in [-0.2, -0.15) is 0 Å². The lowest BCUT2D eigenvalue weighted by molar-refractivity contribution is -0.133. The number of halogens is 1. The number of amides is 1. The van der Waals surface area contributed by atoms with Crippen LogP contribution >= 0.6 is 11.6 Å². The van der Waals surface area contributed by atoms with Gasteiger partial charge in [-0.3, -0.25) is 4.79 Å². The molecule has 2 aliphatic rings. The molecule has 126 valence electrons. The highest BCUT2D eigenvalue weighted by molar-refractivity contribution is 6.30. The van der Waals surface area contributed by atoms with Crippen molar-refractivity contribution in [3.8, 4) is 0 Å². The summed E-state index contributed by atoms with van der Waals surface area (Å²) in [4.78, 5) is 17.1. The second-order valence-corrected chi connectivity index (χ2v) is 7.62. The smallest absolute Gasteiger partial charge is 0.226 e. The molecule has 1 aliphatic heterocycles. The van der Waals surface area contributed by atoms with Crippen LogP contribution in [0.1, 0.15) is 38.2 Å². The molecule has 1 aromatic carbocycles. The second-order valence-electron chi connectivity index (χ2n) is 7.18. The van der Waals surface area contributed by atoms with Gasteiger partial charge in [0.2, 0.25) is 5.91 Å². The van der Waals surface area contributed by atoms with Crippen molar-refractivity contribution in [3.63, 3.8) is 0 Å². The third-order valence-corrected chi connectivity index (χ3v) is 5.34. The predicted molar refractivity (Wildman–Crippen MR) is 94.4 cm³/mol. The van der Waals surface area contributed by atoms with Crippen LogP contribution < -0.4 is 0 Å². The van der Waals surface area contributed by atoms with Crippen molar-refractivity contribution in [3.05, 3.63) is 34.9 Å². The molecular weight excluding hydrogens is 308 g/mol. The summed E-state index contributed by atoms with van der Waals surface area (Å²) in [6.45, 7) is 7.23. The average Bonchev–Trinajstić information content (AvgIpc) is 3.39. The average molecular weight is 335 g/mol. The molecular formula is C19H27ClN2O. The number of carbonyl (C=O) groups is 1. The highest BCUT2D eigenvalue weighted by atomic mass is 35.5. The van der Waals surface area contributed by atoms with Crippen LogP contribution in [0.4, 0.5) is 0 Å². The molecule has 0 aromatic heterocycles. The van der Waals surface area contributed by atoms with E-state index in [1.54, 1.807) is 0 Å². The summed E-state index contributed by atoms with van der Waals surface area (Å²) in [5, 5.41) is 0.747. The number of hydrogen-bond acceptors (Lipinski definition) is 2. The van der Waals surface area contributed by atoms with Gasteiger partial charge in [-0.05, 0) is 62.4 Å². The number of carbonyl (C=O) groups excluding carboxylic acids is 1. The number of piperidine rings is 1. The molecule has 1 saturated heterocycles. The molecule has 0 radical (unpaired) electrons. The van der Waals surface area contributed by atoms with Crippen LogP contribution in [0.25, 0.3) is 0 Å². The highest BCUT2D eigenvalue weighted by Crippen LogP contribution is 2.31. The Bertz CT molecular complexity index is 519. The van der Waals surface area contributed by atoms with Crippen LogP contribution in [0.5, 0.6) is 0 Å². The zero-order valence-electron chi connectivity index (χ0n) is 14.0. The molecule has 1 heterocycles. The van der Waals surface area contributed by atoms with Crippen LogP contribution in [0.3, 0.4) is 0 Å². The van der Waals surface area contributed by atoms with E-state index in [2.05, 4.69) is 16.7 Å². The van der Waals surface area contributed by atoms with E-state index in [9.17, 15) is 4.79 Å². The number of rotatable bonds is 6. The van der Waals surface area contributed by atoms with Crippen LogP contribution in [0.15, 0.2) is 24.3 Å². The van der Waals surface area contributed by atoms with Crippen molar-refractivity contribution < 1.29 is 4.79 Å². The van der Waals surface area contributed by atoms with Gasteiger partial charge in [0.05, 0.1) is 0 Å². The molecule has 1 aromatic rings. The lowest BCUT2D eigenvalue weighted by Gasteiger charge is -2.32. The summed E-state index contributed by atoms with van der Waals surface area (Å²) in [6.07, 6.45) is 4.70. The van der Waals surface area contributed by atoms with Gasteiger partial charge in [0.1, 0.15) is 0 Å². The Hall–Kier alpha value is -1.06. The quantitative estimate of drug-likeness (QED) is 0.789. The first-order valence-electron chi connectivity index (χ1n) is 8.87. The van der Waals surface area contributed by atoms with Gasteiger partial charge in [0.15, 0.2) is 0 Å². The summed E-state index contributed by atoms with van der Waals surface area (Å²) >= 11 is 5.96. The molecule has 23 heavy (non-hydrogen) atoms. The largest absolute Gasteiger partial charge is 0.337 e. The van der Waals surface area contributed by atoms with Crippen LogP contribution in [-0.4, -0.2) is 41.9 Å². The fourth-order valence-electron chi connectivity index (χ4n) is 3.21. The van der Waals surface area contributed by atoms with E-state index in [1.807, 2.05) is 24.3 Å². The van der Waals surface area contributed by atoms with E-state index in [1.165, 1.54) is 25.9 Å². The summed E-state index contributed by atoms with van der Waals surface area (Å²) in [7, 11) is 0. The summed E-state index contributed by atoms with van der Waals surface area (Å²) in [5.74, 6) is 1.47. The number of hydrogen-bond donors (Lipinski definition) is 0. The predicted octanol–water partition coefficient (Wildman–Crippen LogP) is 3.81. The van der Waals surface area contributed by atoms with Crippen molar-refractivity contribution in [2.24, 2.45) is 11.8 Å². The Morgan fingerprint density at radius 1 is 1.17 bits per heavy atom. The summed E-state index contributed by atoms with van der Waals surface area (Å²) < 4.78 is 0. The number of likely N-dealkylation sites (tertiary alicyclic amines) is 1. The molecule has 2 fully saturated rings. The normalized spacial score (nSPS) is 19.7. The van der Waals surface area contributed by atoms with E-state index in [4.69, 9.17) is 11.6 Å².